The molecule has 1 fully saturated rings. The quantitative estimate of drug-likeness (QED) is 0.357. The summed E-state index contributed by atoms with van der Waals surface area (Å²) in [6, 6.07) is 3.02. The predicted molar refractivity (Wildman–Crippen MR) is 108 cm³/mol. The second-order valence-electron chi connectivity index (χ2n) is 8.47. The lowest BCUT2D eigenvalue weighted by atomic mass is 9.79. The van der Waals surface area contributed by atoms with E-state index in [4.69, 9.17) is 4.74 Å². The molecule has 33 heavy (non-hydrogen) atoms. The molecule has 0 bridgehead atoms. The van der Waals surface area contributed by atoms with Crippen LogP contribution in [0.15, 0.2) is 30.3 Å². The second-order valence-corrected chi connectivity index (χ2v) is 8.47. The highest BCUT2D eigenvalue weighted by Crippen LogP contribution is 2.42. The third kappa shape index (κ3) is 5.92. The molecule has 3 rings (SSSR count). The molecule has 0 aromatic heterocycles. The number of ether oxygens (including phenoxy) is 2. The Balaban J connectivity index is 1.71. The van der Waals surface area contributed by atoms with E-state index >= 15 is 0 Å². The molecule has 9 heteroatoms. The van der Waals surface area contributed by atoms with Crippen molar-refractivity contribution in [3.8, 4) is 11.5 Å². The van der Waals surface area contributed by atoms with E-state index < -0.39 is 52.6 Å². The van der Waals surface area contributed by atoms with Crippen LogP contribution in [0.25, 0.3) is 0 Å². The molecule has 0 spiro atoms. The van der Waals surface area contributed by atoms with Crippen LogP contribution in [-0.2, 0) is 6.11 Å². The van der Waals surface area contributed by atoms with Gasteiger partial charge in [0.2, 0.25) is 0 Å². The van der Waals surface area contributed by atoms with Crippen LogP contribution in [0.2, 0.25) is 0 Å². The number of rotatable bonds is 8. The first kappa shape index (κ1) is 25.2. The molecule has 2 aromatic rings. The summed E-state index contributed by atoms with van der Waals surface area (Å²) < 4.78 is 108. The van der Waals surface area contributed by atoms with Crippen molar-refractivity contribution in [3.63, 3.8) is 0 Å². The van der Waals surface area contributed by atoms with Crippen LogP contribution in [0.4, 0.5) is 30.7 Å². The zero-order valence-electron chi connectivity index (χ0n) is 18.2. The van der Waals surface area contributed by atoms with Crippen LogP contribution in [0.1, 0.15) is 56.6 Å². The van der Waals surface area contributed by atoms with Gasteiger partial charge in [-0.3, -0.25) is 0 Å². The Hall–Kier alpha value is -2.45. The summed E-state index contributed by atoms with van der Waals surface area (Å²) in [5.74, 6) is -6.14. The fraction of sp³-hybridized carbons (Fsp3) is 0.500. The summed E-state index contributed by atoms with van der Waals surface area (Å²) in [6.45, 7) is 3.18. The van der Waals surface area contributed by atoms with Crippen LogP contribution in [0.3, 0.4) is 0 Å². The first-order valence-corrected chi connectivity index (χ1v) is 10.8. The van der Waals surface area contributed by atoms with E-state index in [9.17, 15) is 30.7 Å². The topological polar surface area (TPSA) is 18.5 Å². The third-order valence-electron chi connectivity index (χ3n) is 5.96. The van der Waals surface area contributed by atoms with Gasteiger partial charge in [0.25, 0.3) is 0 Å². The Morgan fingerprint density at radius 3 is 2.06 bits per heavy atom. The molecule has 0 radical (unpaired) electrons. The molecule has 1 aliphatic rings. The minimum absolute atomic E-state index is 0.262. The summed E-state index contributed by atoms with van der Waals surface area (Å²) in [5.41, 5.74) is -1.54. The highest BCUT2D eigenvalue weighted by atomic mass is 19.3. The molecule has 2 aromatic carbocycles. The minimum Gasteiger partial charge on any atom is -0.432 e. The molecule has 0 heterocycles. The largest absolute Gasteiger partial charge is 0.432 e. The van der Waals surface area contributed by atoms with Crippen molar-refractivity contribution in [2.24, 2.45) is 11.8 Å². The van der Waals surface area contributed by atoms with Gasteiger partial charge in [0.1, 0.15) is 22.9 Å². The highest BCUT2D eigenvalue weighted by Gasteiger charge is 2.44. The Labute approximate surface area is 187 Å². The van der Waals surface area contributed by atoms with Crippen LogP contribution in [0, 0.1) is 36.2 Å². The third-order valence-corrected chi connectivity index (χ3v) is 5.96. The normalized spacial score (nSPS) is 19.4. The summed E-state index contributed by atoms with van der Waals surface area (Å²) in [6.07, 6.45) is -4.07. The van der Waals surface area contributed by atoms with E-state index in [-0.39, 0.29) is 18.4 Å². The zero-order chi connectivity index (χ0) is 24.4. The Morgan fingerprint density at radius 1 is 0.848 bits per heavy atom. The van der Waals surface area contributed by atoms with Crippen molar-refractivity contribution in [1.29, 1.82) is 0 Å². The number of halogens is 7. The zero-order valence-corrected chi connectivity index (χ0v) is 18.2. The van der Waals surface area contributed by atoms with E-state index in [0.717, 1.165) is 31.9 Å². The van der Waals surface area contributed by atoms with Crippen LogP contribution in [-0.4, -0.2) is 6.11 Å². The van der Waals surface area contributed by atoms with E-state index in [1.807, 2.05) is 6.92 Å². The molecule has 0 amide bonds. The molecule has 0 saturated heterocycles. The first-order chi connectivity index (χ1) is 15.4. The van der Waals surface area contributed by atoms with Crippen molar-refractivity contribution >= 4 is 0 Å². The molecular weight excluding hydrogens is 453 g/mol. The first-order valence-electron chi connectivity index (χ1n) is 10.8. The minimum atomic E-state index is -4.28. The lowest BCUT2D eigenvalue weighted by molar-refractivity contribution is -0.223. The fourth-order valence-corrected chi connectivity index (χ4v) is 4.19. The van der Waals surface area contributed by atoms with Crippen molar-refractivity contribution < 1.29 is 40.2 Å². The molecule has 0 N–H and O–H groups in total. The number of aryl methyl sites for hydroxylation is 1. The molecule has 0 atom stereocenters. The van der Waals surface area contributed by atoms with Gasteiger partial charge >= 0.3 is 12.2 Å². The Kier molecular flexibility index (Phi) is 7.49. The number of benzene rings is 2. The molecule has 0 unspecified atom stereocenters. The van der Waals surface area contributed by atoms with Gasteiger partial charge in [-0.25, -0.2) is 13.2 Å². The van der Waals surface area contributed by atoms with Crippen molar-refractivity contribution in [2.75, 3.05) is 0 Å². The van der Waals surface area contributed by atoms with Gasteiger partial charge in [-0.2, -0.15) is 17.6 Å². The summed E-state index contributed by atoms with van der Waals surface area (Å²) in [4.78, 5) is 0. The van der Waals surface area contributed by atoms with Gasteiger partial charge in [0.05, 0.1) is 5.92 Å². The number of hydrogen-bond donors (Lipinski definition) is 0. The van der Waals surface area contributed by atoms with Crippen LogP contribution >= 0.6 is 0 Å². The maximum Gasteiger partial charge on any atom is 0.429 e. The van der Waals surface area contributed by atoms with Crippen molar-refractivity contribution in [2.45, 2.75) is 64.6 Å². The van der Waals surface area contributed by atoms with E-state index in [1.165, 1.54) is 0 Å². The lowest BCUT2D eigenvalue weighted by Crippen LogP contribution is -2.37. The summed E-state index contributed by atoms with van der Waals surface area (Å²) in [7, 11) is 0. The summed E-state index contributed by atoms with van der Waals surface area (Å²) >= 11 is 0. The highest BCUT2D eigenvalue weighted by molar-refractivity contribution is 5.34. The SMILES string of the molecule is CCCC1CCC(C(F)(F)Oc2ccc(C(F)(F)Oc3cc(C)c(F)c(F)c3)c(F)c2)CC1. The number of hydrogen-bond acceptors (Lipinski definition) is 2. The molecule has 182 valence electrons. The average molecular weight is 478 g/mol. The van der Waals surface area contributed by atoms with E-state index in [0.29, 0.717) is 37.0 Å². The molecule has 0 aliphatic heterocycles. The van der Waals surface area contributed by atoms with Gasteiger partial charge in [0.15, 0.2) is 11.6 Å². The maximum absolute atomic E-state index is 14.6. The van der Waals surface area contributed by atoms with Crippen LogP contribution in [0.5, 0.6) is 11.5 Å². The Morgan fingerprint density at radius 2 is 1.48 bits per heavy atom. The van der Waals surface area contributed by atoms with Crippen LogP contribution < -0.4 is 9.47 Å². The fourth-order valence-electron chi connectivity index (χ4n) is 4.19. The van der Waals surface area contributed by atoms with Gasteiger partial charge in [-0.15, -0.1) is 0 Å². The van der Waals surface area contributed by atoms with Gasteiger partial charge < -0.3 is 9.47 Å². The standard InChI is InChI=1S/C24H25F7O2/c1-3-4-15-5-7-16(8-6-15)23(28,29)32-17-9-10-19(20(25)12-17)24(30,31)33-18-11-14(2)22(27)21(26)13-18/h9-13,15-16H,3-8H2,1-2H3. The maximum atomic E-state index is 14.6. The van der Waals surface area contributed by atoms with E-state index in [1.54, 1.807) is 0 Å². The smallest absolute Gasteiger partial charge is 0.429 e. The molecule has 1 saturated carbocycles. The second kappa shape index (κ2) is 9.81. The van der Waals surface area contributed by atoms with Crippen molar-refractivity contribution in [1.82, 2.24) is 0 Å². The average Bonchev–Trinajstić information content (AvgIpc) is 2.72. The van der Waals surface area contributed by atoms with Gasteiger partial charge in [-0.1, -0.05) is 19.8 Å². The predicted octanol–water partition coefficient (Wildman–Crippen LogP) is 8.12. The monoisotopic (exact) mass is 478 g/mol. The summed E-state index contributed by atoms with van der Waals surface area (Å²) in [5, 5.41) is 0. The lowest BCUT2D eigenvalue weighted by Gasteiger charge is -2.33. The van der Waals surface area contributed by atoms with Gasteiger partial charge in [-0.05, 0) is 62.3 Å². The molecule has 2 nitrogen and oxygen atoms in total. The number of alkyl halides is 4. The molecular formula is C24H25F7O2. The Bertz CT molecular complexity index is 946. The molecule has 1 aliphatic carbocycles. The van der Waals surface area contributed by atoms with E-state index in [2.05, 4.69) is 4.74 Å². The van der Waals surface area contributed by atoms with Gasteiger partial charge in [0, 0.05) is 12.1 Å². The van der Waals surface area contributed by atoms with Crippen molar-refractivity contribution in [3.05, 3.63) is 58.9 Å².